The minimum atomic E-state index is -4.15. The number of anilines is 1. The number of nitrogens with one attached hydrogen (secondary N) is 1. The molecule has 0 saturated carbocycles. The van der Waals surface area contributed by atoms with Crippen molar-refractivity contribution in [2.75, 3.05) is 4.72 Å². The van der Waals surface area contributed by atoms with Gasteiger partial charge in [-0.1, -0.05) is 12.1 Å². The third-order valence-corrected chi connectivity index (χ3v) is 3.74. The second kappa shape index (κ2) is 4.85. The Bertz CT molecular complexity index is 717. The minimum Gasteiger partial charge on any atom is -0.505 e. The highest BCUT2D eigenvalue weighted by Gasteiger charge is 2.18. The summed E-state index contributed by atoms with van der Waals surface area (Å²) in [7, 11) is -4.15. The van der Waals surface area contributed by atoms with Gasteiger partial charge in [-0.05, 0) is 24.3 Å². The Hall–Kier alpha value is -2.15. The largest absolute Gasteiger partial charge is 0.505 e. The van der Waals surface area contributed by atoms with Gasteiger partial charge in [-0.15, -0.1) is 0 Å². The van der Waals surface area contributed by atoms with Crippen LogP contribution in [-0.2, 0) is 10.0 Å². The van der Waals surface area contributed by atoms with Crippen LogP contribution in [0.3, 0.4) is 0 Å². The first-order chi connectivity index (χ1) is 8.90. The van der Waals surface area contributed by atoms with Crippen LogP contribution >= 0.6 is 0 Å². The molecule has 2 rings (SSSR count). The molecule has 19 heavy (non-hydrogen) atoms. The number of phenols is 1. The molecule has 0 aliphatic carbocycles. The third kappa shape index (κ3) is 2.82. The molecule has 0 spiro atoms. The zero-order valence-corrected chi connectivity index (χ0v) is 10.3. The Labute approximate surface area is 108 Å². The van der Waals surface area contributed by atoms with Gasteiger partial charge in [0.2, 0.25) is 0 Å². The lowest BCUT2D eigenvalue weighted by Gasteiger charge is -2.09. The maximum Gasteiger partial charge on any atom is 0.264 e. The SMILES string of the molecule is O=S(=O)(Nc1ccc(O)c(F)c1)c1ccccc1F. The van der Waals surface area contributed by atoms with Gasteiger partial charge >= 0.3 is 0 Å². The minimum absolute atomic E-state index is 0.112. The van der Waals surface area contributed by atoms with Crippen LogP contribution in [0.25, 0.3) is 0 Å². The van der Waals surface area contributed by atoms with Gasteiger partial charge in [0, 0.05) is 6.07 Å². The highest BCUT2D eigenvalue weighted by molar-refractivity contribution is 7.92. The van der Waals surface area contributed by atoms with E-state index >= 15 is 0 Å². The third-order valence-electron chi connectivity index (χ3n) is 2.33. The lowest BCUT2D eigenvalue weighted by molar-refractivity contribution is 0.432. The van der Waals surface area contributed by atoms with E-state index in [-0.39, 0.29) is 5.69 Å². The van der Waals surface area contributed by atoms with Gasteiger partial charge in [-0.2, -0.15) is 0 Å². The molecular formula is C12H9F2NO3S. The molecule has 2 aromatic rings. The Morgan fingerprint density at radius 1 is 1.00 bits per heavy atom. The van der Waals surface area contributed by atoms with E-state index < -0.39 is 32.3 Å². The van der Waals surface area contributed by atoms with E-state index in [1.807, 2.05) is 4.72 Å². The lowest BCUT2D eigenvalue weighted by Crippen LogP contribution is -2.14. The van der Waals surface area contributed by atoms with Gasteiger partial charge in [0.25, 0.3) is 10.0 Å². The van der Waals surface area contributed by atoms with E-state index in [0.29, 0.717) is 0 Å². The summed E-state index contributed by atoms with van der Waals surface area (Å²) in [5.74, 6) is -2.49. The fourth-order valence-electron chi connectivity index (χ4n) is 1.44. The van der Waals surface area contributed by atoms with Crippen LogP contribution in [0, 0.1) is 11.6 Å². The molecular weight excluding hydrogens is 276 g/mol. The van der Waals surface area contributed by atoms with Crippen LogP contribution < -0.4 is 4.72 Å². The molecule has 7 heteroatoms. The van der Waals surface area contributed by atoms with Gasteiger partial charge in [0.05, 0.1) is 5.69 Å². The summed E-state index contributed by atoms with van der Waals surface area (Å²) in [6.45, 7) is 0. The Kier molecular flexibility index (Phi) is 3.39. The Balaban J connectivity index is 2.37. The summed E-state index contributed by atoms with van der Waals surface area (Å²) in [4.78, 5) is -0.538. The van der Waals surface area contributed by atoms with E-state index in [1.165, 1.54) is 12.1 Å². The van der Waals surface area contributed by atoms with Gasteiger partial charge < -0.3 is 5.11 Å². The van der Waals surface area contributed by atoms with E-state index in [1.54, 1.807) is 0 Å². The van der Waals surface area contributed by atoms with Crippen molar-refractivity contribution in [3.63, 3.8) is 0 Å². The van der Waals surface area contributed by atoms with Crippen molar-refractivity contribution >= 4 is 15.7 Å². The van der Waals surface area contributed by atoms with Crippen molar-refractivity contribution in [3.8, 4) is 5.75 Å². The van der Waals surface area contributed by atoms with Gasteiger partial charge in [0.1, 0.15) is 10.7 Å². The number of rotatable bonds is 3. The highest BCUT2D eigenvalue weighted by atomic mass is 32.2. The topological polar surface area (TPSA) is 66.4 Å². The summed E-state index contributed by atoms with van der Waals surface area (Å²) >= 11 is 0. The van der Waals surface area contributed by atoms with Gasteiger partial charge in [-0.3, -0.25) is 4.72 Å². The second-order valence-corrected chi connectivity index (χ2v) is 5.35. The number of hydrogen-bond acceptors (Lipinski definition) is 3. The average molecular weight is 285 g/mol. The van der Waals surface area contributed by atoms with Crippen LogP contribution in [-0.4, -0.2) is 13.5 Å². The maximum absolute atomic E-state index is 13.4. The van der Waals surface area contributed by atoms with Crippen molar-refractivity contribution < 1.29 is 22.3 Å². The zero-order valence-electron chi connectivity index (χ0n) is 9.47. The molecule has 2 N–H and O–H groups in total. The van der Waals surface area contributed by atoms with Crippen LogP contribution in [0.5, 0.6) is 5.75 Å². The number of sulfonamides is 1. The molecule has 0 aliphatic rings. The molecule has 0 aromatic heterocycles. The van der Waals surface area contributed by atoms with E-state index in [0.717, 1.165) is 30.3 Å². The zero-order chi connectivity index (χ0) is 14.0. The first-order valence-electron chi connectivity index (χ1n) is 5.16. The van der Waals surface area contributed by atoms with E-state index in [9.17, 15) is 17.2 Å². The fourth-order valence-corrected chi connectivity index (χ4v) is 2.57. The quantitative estimate of drug-likeness (QED) is 0.851. The predicted molar refractivity (Wildman–Crippen MR) is 65.3 cm³/mol. The van der Waals surface area contributed by atoms with Crippen LogP contribution in [0.4, 0.5) is 14.5 Å². The van der Waals surface area contributed by atoms with Crippen molar-refractivity contribution in [1.29, 1.82) is 0 Å². The smallest absolute Gasteiger partial charge is 0.264 e. The van der Waals surface area contributed by atoms with Gasteiger partial charge in [-0.25, -0.2) is 17.2 Å². The number of aromatic hydroxyl groups is 1. The summed E-state index contributed by atoms with van der Waals surface area (Å²) in [6.07, 6.45) is 0. The van der Waals surface area contributed by atoms with Gasteiger partial charge in [0.15, 0.2) is 11.6 Å². The molecule has 0 unspecified atom stereocenters. The summed E-state index contributed by atoms with van der Waals surface area (Å²) in [5.41, 5.74) is -0.112. The molecule has 4 nitrogen and oxygen atoms in total. The first kappa shape index (κ1) is 13.3. The van der Waals surface area contributed by atoms with E-state index in [2.05, 4.69) is 0 Å². The molecule has 2 aromatic carbocycles. The van der Waals surface area contributed by atoms with Crippen molar-refractivity contribution in [3.05, 3.63) is 54.1 Å². The molecule has 0 atom stereocenters. The van der Waals surface area contributed by atoms with Crippen LogP contribution in [0.15, 0.2) is 47.4 Å². The Morgan fingerprint density at radius 3 is 2.32 bits per heavy atom. The number of benzene rings is 2. The average Bonchev–Trinajstić information content (AvgIpc) is 2.34. The van der Waals surface area contributed by atoms with Crippen LogP contribution in [0.2, 0.25) is 0 Å². The summed E-state index contributed by atoms with van der Waals surface area (Å²) in [6, 6.07) is 7.78. The highest BCUT2D eigenvalue weighted by Crippen LogP contribution is 2.22. The molecule has 0 radical (unpaired) electrons. The molecule has 0 aliphatic heterocycles. The monoisotopic (exact) mass is 285 g/mol. The predicted octanol–water partition coefficient (Wildman–Crippen LogP) is 2.47. The lowest BCUT2D eigenvalue weighted by atomic mass is 10.3. The first-order valence-corrected chi connectivity index (χ1v) is 6.64. The molecule has 0 amide bonds. The fraction of sp³-hybridized carbons (Fsp3) is 0. The number of phenolic OH excluding ortho intramolecular Hbond substituents is 1. The molecule has 100 valence electrons. The van der Waals surface area contributed by atoms with Crippen molar-refractivity contribution in [1.82, 2.24) is 0 Å². The molecule has 0 fully saturated rings. The van der Waals surface area contributed by atoms with Crippen molar-refractivity contribution in [2.24, 2.45) is 0 Å². The van der Waals surface area contributed by atoms with Crippen molar-refractivity contribution in [2.45, 2.75) is 4.90 Å². The summed E-state index contributed by atoms with van der Waals surface area (Å²) in [5, 5.41) is 8.99. The normalized spacial score (nSPS) is 11.3. The molecule has 0 bridgehead atoms. The number of halogens is 2. The number of hydrogen-bond donors (Lipinski definition) is 2. The van der Waals surface area contributed by atoms with E-state index in [4.69, 9.17) is 5.11 Å². The maximum atomic E-state index is 13.4. The summed E-state index contributed by atoms with van der Waals surface area (Å²) < 4.78 is 52.3. The second-order valence-electron chi connectivity index (χ2n) is 3.70. The van der Waals surface area contributed by atoms with Crippen LogP contribution in [0.1, 0.15) is 0 Å². The standard InChI is InChI=1S/C12H9F2NO3S/c13-9-3-1-2-4-12(9)19(17,18)15-8-5-6-11(16)10(14)7-8/h1-7,15-16H. The molecule has 0 heterocycles. The Morgan fingerprint density at radius 2 is 1.68 bits per heavy atom. The molecule has 0 saturated heterocycles.